The van der Waals surface area contributed by atoms with E-state index in [0.29, 0.717) is 16.8 Å². The lowest BCUT2D eigenvalue weighted by molar-refractivity contribution is -0.119. The summed E-state index contributed by atoms with van der Waals surface area (Å²) in [6.07, 6.45) is 5.34. The van der Waals surface area contributed by atoms with E-state index in [-0.39, 0.29) is 23.3 Å². The van der Waals surface area contributed by atoms with E-state index in [1.165, 1.54) is 43.5 Å². The number of H-pyrrole nitrogens is 1. The molecule has 2 bridgehead atoms. The van der Waals surface area contributed by atoms with Gasteiger partial charge in [0.25, 0.3) is 5.56 Å². The Morgan fingerprint density at radius 1 is 1.50 bits per heavy atom. The van der Waals surface area contributed by atoms with Crippen molar-refractivity contribution in [2.45, 2.75) is 50.7 Å². The molecule has 0 aliphatic heterocycles. The van der Waals surface area contributed by atoms with Crippen molar-refractivity contribution in [1.82, 2.24) is 15.3 Å². The predicted octanol–water partition coefficient (Wildman–Crippen LogP) is 2.11. The summed E-state index contributed by atoms with van der Waals surface area (Å²) in [6.45, 7) is 3.90. The molecular formula is C16H23N3O2S. The maximum Gasteiger partial charge on any atom is 0.251 e. The highest BCUT2D eigenvalue weighted by Gasteiger charge is 2.42. The van der Waals surface area contributed by atoms with Crippen LogP contribution < -0.4 is 10.9 Å². The van der Waals surface area contributed by atoms with Crippen LogP contribution in [0.25, 0.3) is 0 Å². The minimum atomic E-state index is -0.175. The molecule has 2 fully saturated rings. The third-order valence-electron chi connectivity index (χ3n) is 5.01. The Kier molecular flexibility index (Phi) is 4.57. The van der Waals surface area contributed by atoms with Crippen LogP contribution in [-0.4, -0.2) is 27.7 Å². The number of aromatic nitrogens is 2. The fourth-order valence-corrected chi connectivity index (χ4v) is 4.80. The van der Waals surface area contributed by atoms with Gasteiger partial charge in [0.1, 0.15) is 0 Å². The van der Waals surface area contributed by atoms with E-state index in [1.807, 2.05) is 0 Å². The van der Waals surface area contributed by atoms with Crippen LogP contribution in [0.3, 0.4) is 0 Å². The van der Waals surface area contributed by atoms with Gasteiger partial charge in [-0.05, 0) is 50.9 Å². The largest absolute Gasteiger partial charge is 0.353 e. The summed E-state index contributed by atoms with van der Waals surface area (Å²) in [4.78, 5) is 30.4. The summed E-state index contributed by atoms with van der Waals surface area (Å²) in [7, 11) is 0. The Balaban J connectivity index is 1.49. The van der Waals surface area contributed by atoms with Gasteiger partial charge in [0.2, 0.25) is 5.91 Å². The molecule has 0 aromatic carbocycles. The normalized spacial score (nSPS) is 27.8. The van der Waals surface area contributed by atoms with Gasteiger partial charge in [0, 0.05) is 17.8 Å². The van der Waals surface area contributed by atoms with Crippen LogP contribution >= 0.6 is 11.8 Å². The highest BCUT2D eigenvalue weighted by Crippen LogP contribution is 2.49. The third-order valence-corrected chi connectivity index (χ3v) is 5.88. The van der Waals surface area contributed by atoms with E-state index in [1.54, 1.807) is 6.92 Å². The lowest BCUT2D eigenvalue weighted by Crippen LogP contribution is -2.40. The Morgan fingerprint density at radius 3 is 2.95 bits per heavy atom. The van der Waals surface area contributed by atoms with Crippen LogP contribution in [0.2, 0.25) is 0 Å². The number of nitrogens with one attached hydrogen (secondary N) is 2. The zero-order chi connectivity index (χ0) is 15.7. The number of nitrogens with zero attached hydrogens (tertiary/aromatic N) is 1. The fraction of sp³-hybridized carbons (Fsp3) is 0.688. The Morgan fingerprint density at radius 2 is 2.32 bits per heavy atom. The average Bonchev–Trinajstić information content (AvgIpc) is 3.06. The van der Waals surface area contributed by atoms with E-state index >= 15 is 0 Å². The number of aromatic amines is 1. The fourth-order valence-electron chi connectivity index (χ4n) is 4.06. The molecule has 1 heterocycles. The first-order valence-corrected chi connectivity index (χ1v) is 9.00. The van der Waals surface area contributed by atoms with Crippen LogP contribution in [0.1, 0.15) is 38.3 Å². The molecule has 0 radical (unpaired) electrons. The van der Waals surface area contributed by atoms with Crippen molar-refractivity contribution in [2.75, 3.05) is 5.75 Å². The molecule has 0 saturated heterocycles. The monoisotopic (exact) mass is 321 g/mol. The molecule has 1 aromatic rings. The van der Waals surface area contributed by atoms with Crippen LogP contribution in [0, 0.1) is 24.7 Å². The number of carbonyl (C=O) groups excluding carboxylic acids is 1. The lowest BCUT2D eigenvalue weighted by atomic mass is 9.84. The quantitative estimate of drug-likeness (QED) is 0.643. The Hall–Kier alpha value is -1.30. The molecule has 4 atom stereocenters. The van der Waals surface area contributed by atoms with Crippen molar-refractivity contribution >= 4 is 17.7 Å². The van der Waals surface area contributed by atoms with Crippen LogP contribution in [0.5, 0.6) is 0 Å². The topological polar surface area (TPSA) is 74.8 Å². The van der Waals surface area contributed by atoms with Crippen LogP contribution in [-0.2, 0) is 4.79 Å². The van der Waals surface area contributed by atoms with Crippen molar-refractivity contribution < 1.29 is 4.79 Å². The maximum atomic E-state index is 12.1. The number of hydrogen-bond donors (Lipinski definition) is 2. The average molecular weight is 321 g/mol. The van der Waals surface area contributed by atoms with E-state index < -0.39 is 0 Å². The number of rotatable bonds is 5. The Labute approximate surface area is 134 Å². The standard InChI is InChI=1S/C16H23N3O2S/c1-9-5-14(20)19-16(17-9)22-8-15(21)18-10(2)13-7-11-3-4-12(13)6-11/h5,10-13H,3-4,6-8H2,1-2H3,(H,18,21)(H,17,19,20)/t10-,11-,12-,13+/m0/s1. The highest BCUT2D eigenvalue weighted by atomic mass is 32.2. The van der Waals surface area contributed by atoms with Crippen molar-refractivity contribution in [3.63, 3.8) is 0 Å². The molecule has 1 amide bonds. The second kappa shape index (κ2) is 6.44. The number of carbonyl (C=O) groups is 1. The number of fused-ring (bicyclic) bond motifs is 2. The molecule has 3 rings (SSSR count). The van der Waals surface area contributed by atoms with Gasteiger partial charge in [-0.2, -0.15) is 0 Å². The summed E-state index contributed by atoms with van der Waals surface area (Å²) < 4.78 is 0. The highest BCUT2D eigenvalue weighted by molar-refractivity contribution is 7.99. The first-order chi connectivity index (χ1) is 10.5. The van der Waals surface area contributed by atoms with E-state index in [9.17, 15) is 9.59 Å². The molecule has 22 heavy (non-hydrogen) atoms. The van der Waals surface area contributed by atoms with Gasteiger partial charge in [-0.3, -0.25) is 9.59 Å². The molecule has 2 aliphatic carbocycles. The molecule has 1 aromatic heterocycles. The summed E-state index contributed by atoms with van der Waals surface area (Å²) in [5.41, 5.74) is 0.493. The van der Waals surface area contributed by atoms with Gasteiger partial charge in [0.05, 0.1) is 5.75 Å². The number of hydrogen-bond acceptors (Lipinski definition) is 4. The molecule has 6 heteroatoms. The van der Waals surface area contributed by atoms with Crippen molar-refractivity contribution in [2.24, 2.45) is 17.8 Å². The van der Waals surface area contributed by atoms with Gasteiger partial charge in [-0.25, -0.2) is 4.98 Å². The maximum absolute atomic E-state index is 12.1. The lowest BCUT2D eigenvalue weighted by Gasteiger charge is -2.28. The van der Waals surface area contributed by atoms with Crippen molar-refractivity contribution in [1.29, 1.82) is 0 Å². The molecule has 120 valence electrons. The van der Waals surface area contributed by atoms with Crippen molar-refractivity contribution in [3.8, 4) is 0 Å². The molecule has 2 aliphatic rings. The summed E-state index contributed by atoms with van der Waals surface area (Å²) in [5.74, 6) is 2.65. The minimum Gasteiger partial charge on any atom is -0.353 e. The second-order valence-electron chi connectivity index (χ2n) is 6.68. The molecule has 5 nitrogen and oxygen atoms in total. The smallest absolute Gasteiger partial charge is 0.251 e. The summed E-state index contributed by atoms with van der Waals surface area (Å²) >= 11 is 1.28. The number of aryl methyl sites for hydroxylation is 1. The summed E-state index contributed by atoms with van der Waals surface area (Å²) in [5, 5.41) is 3.63. The Bertz CT molecular complexity index is 616. The molecule has 0 spiro atoms. The van der Waals surface area contributed by atoms with Crippen LogP contribution in [0.4, 0.5) is 0 Å². The first-order valence-electron chi connectivity index (χ1n) is 8.01. The summed E-state index contributed by atoms with van der Waals surface area (Å²) in [6, 6.07) is 1.69. The van der Waals surface area contributed by atoms with E-state index in [2.05, 4.69) is 22.2 Å². The van der Waals surface area contributed by atoms with E-state index in [4.69, 9.17) is 0 Å². The zero-order valence-electron chi connectivity index (χ0n) is 13.1. The van der Waals surface area contributed by atoms with Crippen molar-refractivity contribution in [3.05, 3.63) is 22.1 Å². The van der Waals surface area contributed by atoms with Gasteiger partial charge >= 0.3 is 0 Å². The molecule has 2 N–H and O–H groups in total. The van der Waals surface area contributed by atoms with Gasteiger partial charge in [-0.1, -0.05) is 18.2 Å². The van der Waals surface area contributed by atoms with Crippen LogP contribution in [0.15, 0.2) is 16.0 Å². The molecule has 2 saturated carbocycles. The minimum absolute atomic E-state index is 0.0180. The molecular weight excluding hydrogens is 298 g/mol. The van der Waals surface area contributed by atoms with Gasteiger partial charge in [-0.15, -0.1) is 0 Å². The number of amides is 1. The predicted molar refractivity (Wildman–Crippen MR) is 86.9 cm³/mol. The van der Waals surface area contributed by atoms with E-state index in [0.717, 1.165) is 11.8 Å². The third kappa shape index (κ3) is 3.54. The second-order valence-corrected chi connectivity index (χ2v) is 7.64. The number of thioether (sulfide) groups is 1. The molecule has 0 unspecified atom stereocenters. The first kappa shape index (κ1) is 15.6. The SMILES string of the molecule is Cc1cc(=O)[nH]c(SCC(=O)N[C@@H](C)[C@H]2C[C@H]3CC[C@H]2C3)n1. The van der Waals surface area contributed by atoms with Gasteiger partial charge < -0.3 is 10.3 Å². The zero-order valence-corrected chi connectivity index (χ0v) is 13.9. The van der Waals surface area contributed by atoms with Gasteiger partial charge in [0.15, 0.2) is 5.16 Å².